The van der Waals surface area contributed by atoms with Gasteiger partial charge in [0.05, 0.1) is 5.56 Å². The standard InChI is InChI=1S/C22H24N2O5/c25-20(15-29-18-6-2-1-3-7-18)24(19-8-4-5-13-23-21(19)26)14-16-9-11-17(12-10-16)22(27)28/h1-3,6-7,9-12,19H,4-5,8,13-15H2,(H,23,26)(H,27,28)/t19-/m0/s1. The molecule has 7 nitrogen and oxygen atoms in total. The minimum atomic E-state index is -1.01. The van der Waals surface area contributed by atoms with E-state index in [4.69, 9.17) is 9.84 Å². The predicted octanol–water partition coefficient (Wildman–Crippen LogP) is 2.46. The number of nitrogens with zero attached hydrogens (tertiary/aromatic N) is 1. The molecule has 2 amide bonds. The van der Waals surface area contributed by atoms with Crippen molar-refractivity contribution in [2.24, 2.45) is 0 Å². The summed E-state index contributed by atoms with van der Waals surface area (Å²) in [4.78, 5) is 38.1. The number of amides is 2. The van der Waals surface area contributed by atoms with Crippen LogP contribution in [0.5, 0.6) is 5.75 Å². The summed E-state index contributed by atoms with van der Waals surface area (Å²) < 4.78 is 5.59. The molecule has 1 aliphatic rings. The molecule has 29 heavy (non-hydrogen) atoms. The van der Waals surface area contributed by atoms with Crippen molar-refractivity contribution in [2.75, 3.05) is 13.2 Å². The van der Waals surface area contributed by atoms with Crippen molar-refractivity contribution in [1.29, 1.82) is 0 Å². The molecule has 0 saturated carbocycles. The second-order valence-electron chi connectivity index (χ2n) is 6.93. The molecule has 3 rings (SSSR count). The van der Waals surface area contributed by atoms with Gasteiger partial charge in [-0.15, -0.1) is 0 Å². The number of hydrogen-bond donors (Lipinski definition) is 2. The Hall–Kier alpha value is -3.35. The van der Waals surface area contributed by atoms with Crippen molar-refractivity contribution >= 4 is 17.8 Å². The number of ether oxygens (including phenoxy) is 1. The second-order valence-corrected chi connectivity index (χ2v) is 6.93. The fourth-order valence-corrected chi connectivity index (χ4v) is 3.29. The first-order chi connectivity index (χ1) is 14.0. The summed E-state index contributed by atoms with van der Waals surface area (Å²) in [5.41, 5.74) is 0.923. The predicted molar refractivity (Wildman–Crippen MR) is 107 cm³/mol. The number of carbonyl (C=O) groups is 3. The van der Waals surface area contributed by atoms with Crippen LogP contribution in [-0.4, -0.2) is 47.0 Å². The minimum Gasteiger partial charge on any atom is -0.484 e. The Balaban J connectivity index is 1.77. The van der Waals surface area contributed by atoms with Crippen LogP contribution >= 0.6 is 0 Å². The second kappa shape index (κ2) is 9.73. The number of benzene rings is 2. The maximum Gasteiger partial charge on any atom is 0.335 e. The van der Waals surface area contributed by atoms with Gasteiger partial charge in [0, 0.05) is 13.1 Å². The number of para-hydroxylation sites is 1. The summed E-state index contributed by atoms with van der Waals surface area (Å²) in [6.07, 6.45) is 2.29. The highest BCUT2D eigenvalue weighted by Crippen LogP contribution is 2.18. The zero-order valence-electron chi connectivity index (χ0n) is 16.0. The SMILES string of the molecule is O=C(O)c1ccc(CN(C(=O)COc2ccccc2)[C@H]2CCCCNC2=O)cc1. The van der Waals surface area contributed by atoms with Crippen LogP contribution in [0.2, 0.25) is 0 Å². The fraction of sp³-hybridized carbons (Fsp3) is 0.318. The third-order valence-electron chi connectivity index (χ3n) is 4.86. The van der Waals surface area contributed by atoms with Crippen LogP contribution in [0.15, 0.2) is 54.6 Å². The van der Waals surface area contributed by atoms with Gasteiger partial charge in [-0.25, -0.2) is 4.79 Å². The Morgan fingerprint density at radius 3 is 2.48 bits per heavy atom. The number of rotatable bonds is 7. The van der Waals surface area contributed by atoms with E-state index in [-0.39, 0.29) is 30.5 Å². The summed E-state index contributed by atoms with van der Waals surface area (Å²) in [5, 5.41) is 11.9. The summed E-state index contributed by atoms with van der Waals surface area (Å²) >= 11 is 0. The Morgan fingerprint density at radius 2 is 1.79 bits per heavy atom. The first kappa shape index (κ1) is 20.4. The van der Waals surface area contributed by atoms with Gasteiger partial charge in [-0.05, 0) is 49.1 Å². The van der Waals surface area contributed by atoms with Gasteiger partial charge in [0.1, 0.15) is 11.8 Å². The molecular weight excluding hydrogens is 372 g/mol. The maximum atomic E-state index is 13.0. The average Bonchev–Trinajstić information content (AvgIpc) is 2.95. The van der Waals surface area contributed by atoms with Gasteiger partial charge in [-0.3, -0.25) is 9.59 Å². The maximum absolute atomic E-state index is 13.0. The van der Waals surface area contributed by atoms with Gasteiger partial charge in [-0.2, -0.15) is 0 Å². The molecule has 2 aromatic rings. The molecule has 152 valence electrons. The van der Waals surface area contributed by atoms with Crippen molar-refractivity contribution in [3.63, 3.8) is 0 Å². The van der Waals surface area contributed by atoms with Crippen LogP contribution in [-0.2, 0) is 16.1 Å². The highest BCUT2D eigenvalue weighted by Gasteiger charge is 2.31. The van der Waals surface area contributed by atoms with Crippen molar-refractivity contribution in [2.45, 2.75) is 31.8 Å². The molecule has 0 aromatic heterocycles. The summed E-state index contributed by atoms with van der Waals surface area (Å²) in [6, 6.07) is 14.8. The highest BCUT2D eigenvalue weighted by atomic mass is 16.5. The van der Waals surface area contributed by atoms with E-state index in [0.29, 0.717) is 18.7 Å². The van der Waals surface area contributed by atoms with Gasteiger partial charge in [-0.1, -0.05) is 30.3 Å². The molecular formula is C22H24N2O5. The molecule has 1 heterocycles. The lowest BCUT2D eigenvalue weighted by Gasteiger charge is -2.30. The molecule has 1 fully saturated rings. The number of nitrogens with one attached hydrogen (secondary N) is 1. The molecule has 1 atom stereocenters. The lowest BCUT2D eigenvalue weighted by molar-refractivity contribution is -0.142. The van der Waals surface area contributed by atoms with Crippen molar-refractivity contribution < 1.29 is 24.2 Å². The Labute approximate surface area is 169 Å². The van der Waals surface area contributed by atoms with Crippen LogP contribution in [0, 0.1) is 0 Å². The molecule has 7 heteroatoms. The Bertz CT molecular complexity index is 851. The Morgan fingerprint density at radius 1 is 1.07 bits per heavy atom. The zero-order chi connectivity index (χ0) is 20.6. The molecule has 0 radical (unpaired) electrons. The Kier molecular flexibility index (Phi) is 6.84. The van der Waals surface area contributed by atoms with Crippen LogP contribution in [0.4, 0.5) is 0 Å². The lowest BCUT2D eigenvalue weighted by atomic mass is 10.1. The summed E-state index contributed by atoms with van der Waals surface area (Å²) in [7, 11) is 0. The van der Waals surface area contributed by atoms with Crippen LogP contribution in [0.1, 0.15) is 35.2 Å². The molecule has 0 spiro atoms. The number of hydrogen-bond acceptors (Lipinski definition) is 4. The van der Waals surface area contributed by atoms with E-state index >= 15 is 0 Å². The molecule has 0 bridgehead atoms. The quantitative estimate of drug-likeness (QED) is 0.750. The first-order valence-electron chi connectivity index (χ1n) is 9.62. The highest BCUT2D eigenvalue weighted by molar-refractivity contribution is 5.89. The third kappa shape index (κ3) is 5.57. The van der Waals surface area contributed by atoms with E-state index in [2.05, 4.69) is 5.32 Å². The molecule has 2 aromatic carbocycles. The largest absolute Gasteiger partial charge is 0.484 e. The van der Waals surface area contributed by atoms with E-state index in [9.17, 15) is 14.4 Å². The van der Waals surface area contributed by atoms with Gasteiger partial charge >= 0.3 is 5.97 Å². The lowest BCUT2D eigenvalue weighted by Crippen LogP contribution is -2.49. The number of aromatic carboxylic acids is 1. The molecule has 1 saturated heterocycles. The molecule has 0 aliphatic carbocycles. The number of carboxylic acid groups (broad SMARTS) is 1. The van der Waals surface area contributed by atoms with Crippen LogP contribution < -0.4 is 10.1 Å². The summed E-state index contributed by atoms with van der Waals surface area (Å²) in [5.74, 6) is -0.892. The van der Waals surface area contributed by atoms with Crippen molar-refractivity contribution in [1.82, 2.24) is 10.2 Å². The molecule has 2 N–H and O–H groups in total. The average molecular weight is 396 g/mol. The van der Waals surface area contributed by atoms with E-state index < -0.39 is 12.0 Å². The monoisotopic (exact) mass is 396 g/mol. The van der Waals surface area contributed by atoms with E-state index in [1.807, 2.05) is 18.2 Å². The van der Waals surface area contributed by atoms with Gasteiger partial charge in [0.15, 0.2) is 6.61 Å². The summed E-state index contributed by atoms with van der Waals surface area (Å²) in [6.45, 7) is 0.626. The fourth-order valence-electron chi connectivity index (χ4n) is 3.29. The van der Waals surface area contributed by atoms with Gasteiger partial charge < -0.3 is 20.1 Å². The molecule has 0 unspecified atom stereocenters. The molecule has 1 aliphatic heterocycles. The smallest absolute Gasteiger partial charge is 0.335 e. The van der Waals surface area contributed by atoms with Crippen molar-refractivity contribution in [3.8, 4) is 5.75 Å². The number of carboxylic acids is 1. The van der Waals surface area contributed by atoms with E-state index in [0.717, 1.165) is 18.4 Å². The topological polar surface area (TPSA) is 95.9 Å². The van der Waals surface area contributed by atoms with E-state index in [1.54, 1.807) is 24.3 Å². The normalized spacial score (nSPS) is 16.4. The minimum absolute atomic E-state index is 0.169. The third-order valence-corrected chi connectivity index (χ3v) is 4.86. The first-order valence-corrected chi connectivity index (χ1v) is 9.62. The van der Waals surface area contributed by atoms with Crippen LogP contribution in [0.25, 0.3) is 0 Å². The number of carbonyl (C=O) groups excluding carboxylic acids is 2. The van der Waals surface area contributed by atoms with Gasteiger partial charge in [0.25, 0.3) is 5.91 Å². The van der Waals surface area contributed by atoms with Crippen LogP contribution in [0.3, 0.4) is 0 Å². The van der Waals surface area contributed by atoms with E-state index in [1.165, 1.54) is 17.0 Å². The zero-order valence-corrected chi connectivity index (χ0v) is 16.0. The van der Waals surface area contributed by atoms with Crippen molar-refractivity contribution in [3.05, 3.63) is 65.7 Å². The van der Waals surface area contributed by atoms with Gasteiger partial charge in [0.2, 0.25) is 5.91 Å².